The van der Waals surface area contributed by atoms with Crippen LogP contribution in [0.5, 0.6) is 5.75 Å². The van der Waals surface area contributed by atoms with E-state index in [1.54, 1.807) is 24.3 Å². The van der Waals surface area contributed by atoms with Crippen molar-refractivity contribution in [3.8, 4) is 5.75 Å². The summed E-state index contributed by atoms with van der Waals surface area (Å²) in [5.74, 6) is 0.639. The van der Waals surface area contributed by atoms with Gasteiger partial charge >= 0.3 is 0 Å². The molecule has 1 heterocycles. The van der Waals surface area contributed by atoms with E-state index in [4.69, 9.17) is 27.9 Å². The minimum Gasteiger partial charge on any atom is -0.484 e. The molecule has 0 N–H and O–H groups in total. The van der Waals surface area contributed by atoms with Crippen LogP contribution in [-0.2, 0) is 4.79 Å². The maximum absolute atomic E-state index is 12.6. The molecule has 0 aliphatic carbocycles. The molecule has 0 aromatic heterocycles. The van der Waals surface area contributed by atoms with E-state index in [-0.39, 0.29) is 18.6 Å². The average Bonchev–Trinajstić information content (AvgIpc) is 2.81. The van der Waals surface area contributed by atoms with Gasteiger partial charge in [-0.3, -0.25) is 9.69 Å². The SMILES string of the molecule is O=C(COc1ccc(Cl)cc1)N1CCN([C@H](c2ccccc2)c2ccc(Cl)cc2)CC1. The zero-order valence-corrected chi connectivity index (χ0v) is 18.6. The minimum atomic E-state index is -0.00245. The van der Waals surface area contributed by atoms with Crippen LogP contribution < -0.4 is 4.74 Å². The van der Waals surface area contributed by atoms with Crippen molar-refractivity contribution in [1.82, 2.24) is 9.80 Å². The Morgan fingerprint density at radius 1 is 0.774 bits per heavy atom. The first-order chi connectivity index (χ1) is 15.1. The van der Waals surface area contributed by atoms with Gasteiger partial charge in [0, 0.05) is 36.2 Å². The fourth-order valence-electron chi connectivity index (χ4n) is 3.89. The Labute approximate surface area is 192 Å². The molecule has 1 amide bonds. The summed E-state index contributed by atoms with van der Waals surface area (Å²) in [6, 6.07) is 25.6. The third kappa shape index (κ3) is 5.59. The number of benzene rings is 3. The summed E-state index contributed by atoms with van der Waals surface area (Å²) in [6.07, 6.45) is 0. The normalized spacial score (nSPS) is 15.5. The third-order valence-electron chi connectivity index (χ3n) is 5.51. The Morgan fingerprint density at radius 3 is 1.94 bits per heavy atom. The second kappa shape index (κ2) is 10.2. The number of hydrogen-bond acceptors (Lipinski definition) is 3. The summed E-state index contributed by atoms with van der Waals surface area (Å²) in [4.78, 5) is 16.9. The number of carbonyl (C=O) groups excluding carboxylic acids is 1. The van der Waals surface area contributed by atoms with Gasteiger partial charge in [0.2, 0.25) is 0 Å². The van der Waals surface area contributed by atoms with E-state index < -0.39 is 0 Å². The lowest BCUT2D eigenvalue weighted by atomic mass is 9.96. The summed E-state index contributed by atoms with van der Waals surface area (Å²) in [6.45, 7) is 2.93. The highest BCUT2D eigenvalue weighted by molar-refractivity contribution is 6.30. The second-order valence-electron chi connectivity index (χ2n) is 7.52. The van der Waals surface area contributed by atoms with Crippen LogP contribution in [0.2, 0.25) is 10.0 Å². The molecule has 0 unspecified atom stereocenters. The number of amides is 1. The van der Waals surface area contributed by atoms with Gasteiger partial charge in [-0.25, -0.2) is 0 Å². The van der Waals surface area contributed by atoms with Crippen molar-refractivity contribution in [2.45, 2.75) is 6.04 Å². The molecular formula is C25H24Cl2N2O2. The van der Waals surface area contributed by atoms with Gasteiger partial charge in [0.25, 0.3) is 5.91 Å². The van der Waals surface area contributed by atoms with Crippen molar-refractivity contribution in [3.63, 3.8) is 0 Å². The van der Waals surface area contributed by atoms with Crippen LogP contribution in [0.4, 0.5) is 0 Å². The summed E-state index contributed by atoms with van der Waals surface area (Å²) in [7, 11) is 0. The minimum absolute atomic E-state index is 0.00245. The summed E-state index contributed by atoms with van der Waals surface area (Å²) >= 11 is 12.0. The first-order valence-corrected chi connectivity index (χ1v) is 11.1. The molecule has 4 nitrogen and oxygen atoms in total. The number of hydrogen-bond donors (Lipinski definition) is 0. The number of nitrogens with zero attached hydrogens (tertiary/aromatic N) is 2. The van der Waals surface area contributed by atoms with E-state index in [1.807, 2.05) is 23.1 Å². The van der Waals surface area contributed by atoms with Crippen molar-refractivity contribution in [2.24, 2.45) is 0 Å². The maximum atomic E-state index is 12.6. The molecule has 1 aliphatic heterocycles. The first-order valence-electron chi connectivity index (χ1n) is 10.3. The zero-order valence-electron chi connectivity index (χ0n) is 17.1. The van der Waals surface area contributed by atoms with Crippen LogP contribution in [0.15, 0.2) is 78.9 Å². The summed E-state index contributed by atoms with van der Waals surface area (Å²) in [5, 5.41) is 1.37. The quantitative estimate of drug-likeness (QED) is 0.506. The molecule has 1 fully saturated rings. The second-order valence-corrected chi connectivity index (χ2v) is 8.40. The molecule has 0 radical (unpaired) electrons. The van der Waals surface area contributed by atoms with Gasteiger partial charge in [0.15, 0.2) is 6.61 Å². The van der Waals surface area contributed by atoms with Crippen molar-refractivity contribution in [3.05, 3.63) is 100 Å². The largest absolute Gasteiger partial charge is 0.484 e. The maximum Gasteiger partial charge on any atom is 0.260 e. The van der Waals surface area contributed by atoms with Gasteiger partial charge in [0.1, 0.15) is 5.75 Å². The van der Waals surface area contributed by atoms with Crippen LogP contribution >= 0.6 is 23.2 Å². The van der Waals surface area contributed by atoms with Crippen LogP contribution in [-0.4, -0.2) is 48.5 Å². The van der Waals surface area contributed by atoms with Gasteiger partial charge in [0.05, 0.1) is 6.04 Å². The molecule has 3 aromatic rings. The number of piperazine rings is 1. The number of ether oxygens (including phenoxy) is 1. The Morgan fingerprint density at radius 2 is 1.32 bits per heavy atom. The molecule has 31 heavy (non-hydrogen) atoms. The monoisotopic (exact) mass is 454 g/mol. The zero-order chi connectivity index (χ0) is 21.6. The summed E-state index contributed by atoms with van der Waals surface area (Å²) < 4.78 is 5.62. The van der Waals surface area contributed by atoms with E-state index in [1.165, 1.54) is 11.1 Å². The lowest BCUT2D eigenvalue weighted by Crippen LogP contribution is -2.51. The molecule has 1 aliphatic rings. The van der Waals surface area contributed by atoms with E-state index in [0.717, 1.165) is 18.1 Å². The highest BCUT2D eigenvalue weighted by atomic mass is 35.5. The molecule has 0 spiro atoms. The van der Waals surface area contributed by atoms with E-state index in [0.29, 0.717) is 23.9 Å². The van der Waals surface area contributed by atoms with Crippen LogP contribution in [0.1, 0.15) is 17.2 Å². The lowest BCUT2D eigenvalue weighted by Gasteiger charge is -2.39. The van der Waals surface area contributed by atoms with Crippen LogP contribution in [0.3, 0.4) is 0 Å². The average molecular weight is 455 g/mol. The standard InChI is InChI=1S/C25H24Cl2N2O2/c26-21-8-6-20(7-9-21)25(19-4-2-1-3-5-19)29-16-14-28(15-17-29)24(30)18-31-23-12-10-22(27)11-13-23/h1-13,25H,14-18H2/t25-/m1/s1. The van der Waals surface area contributed by atoms with Gasteiger partial charge in [-0.05, 0) is 47.5 Å². The van der Waals surface area contributed by atoms with Gasteiger partial charge in [-0.15, -0.1) is 0 Å². The Bertz CT molecular complexity index is 986. The Hall–Kier alpha value is -2.53. The molecule has 1 saturated heterocycles. The number of carbonyl (C=O) groups is 1. The predicted octanol–water partition coefficient (Wildman–Crippen LogP) is 5.31. The van der Waals surface area contributed by atoms with E-state index in [2.05, 4.69) is 41.3 Å². The third-order valence-corrected chi connectivity index (χ3v) is 6.01. The predicted molar refractivity (Wildman–Crippen MR) is 125 cm³/mol. The summed E-state index contributed by atoms with van der Waals surface area (Å²) in [5.41, 5.74) is 2.43. The topological polar surface area (TPSA) is 32.8 Å². The highest BCUT2D eigenvalue weighted by Crippen LogP contribution is 2.30. The van der Waals surface area contributed by atoms with Crippen molar-refractivity contribution >= 4 is 29.1 Å². The fraction of sp³-hybridized carbons (Fsp3) is 0.240. The van der Waals surface area contributed by atoms with Gasteiger partial charge < -0.3 is 9.64 Å². The van der Waals surface area contributed by atoms with Crippen molar-refractivity contribution in [2.75, 3.05) is 32.8 Å². The fourth-order valence-corrected chi connectivity index (χ4v) is 4.14. The molecule has 160 valence electrons. The van der Waals surface area contributed by atoms with Crippen molar-refractivity contribution < 1.29 is 9.53 Å². The molecule has 3 aromatic carbocycles. The smallest absolute Gasteiger partial charge is 0.260 e. The van der Waals surface area contributed by atoms with E-state index >= 15 is 0 Å². The molecule has 1 atom stereocenters. The Balaban J connectivity index is 1.40. The Kier molecular flexibility index (Phi) is 7.13. The van der Waals surface area contributed by atoms with Gasteiger partial charge in [-0.1, -0.05) is 65.7 Å². The molecule has 6 heteroatoms. The van der Waals surface area contributed by atoms with Crippen LogP contribution in [0.25, 0.3) is 0 Å². The molecule has 0 saturated carbocycles. The molecular weight excluding hydrogens is 431 g/mol. The van der Waals surface area contributed by atoms with Gasteiger partial charge in [-0.2, -0.15) is 0 Å². The first kappa shape index (κ1) is 21.7. The number of halogens is 2. The molecule has 0 bridgehead atoms. The molecule has 4 rings (SSSR count). The number of rotatable bonds is 6. The van der Waals surface area contributed by atoms with Crippen molar-refractivity contribution in [1.29, 1.82) is 0 Å². The van der Waals surface area contributed by atoms with Crippen LogP contribution in [0, 0.1) is 0 Å². The van der Waals surface area contributed by atoms with E-state index in [9.17, 15) is 4.79 Å². The highest BCUT2D eigenvalue weighted by Gasteiger charge is 2.28. The lowest BCUT2D eigenvalue weighted by molar-refractivity contribution is -0.135.